The molecular formula is C13H16O2. The Hall–Kier alpha value is -1.44. The van der Waals surface area contributed by atoms with E-state index in [2.05, 4.69) is 20.8 Å². The van der Waals surface area contributed by atoms with Crippen LogP contribution in [0.2, 0.25) is 0 Å². The van der Waals surface area contributed by atoms with Gasteiger partial charge in [0.2, 0.25) is 0 Å². The third-order valence-electron chi connectivity index (χ3n) is 2.75. The zero-order valence-corrected chi connectivity index (χ0v) is 9.41. The van der Waals surface area contributed by atoms with E-state index in [9.17, 15) is 0 Å². The Labute approximate surface area is 90.5 Å². The van der Waals surface area contributed by atoms with Crippen LogP contribution in [0.1, 0.15) is 20.8 Å². The van der Waals surface area contributed by atoms with Gasteiger partial charge >= 0.3 is 0 Å². The van der Waals surface area contributed by atoms with Crippen molar-refractivity contribution >= 4 is 0 Å². The molecule has 0 fully saturated rings. The topological polar surface area (TPSA) is 18.5 Å². The molecule has 0 saturated carbocycles. The van der Waals surface area contributed by atoms with Crippen molar-refractivity contribution in [2.45, 2.75) is 20.8 Å². The number of fused-ring (bicyclic) bond motifs is 1. The molecular weight excluding hydrogens is 188 g/mol. The van der Waals surface area contributed by atoms with Gasteiger partial charge in [-0.1, -0.05) is 26.0 Å². The Kier molecular flexibility index (Phi) is 2.67. The van der Waals surface area contributed by atoms with Gasteiger partial charge in [-0.3, -0.25) is 0 Å². The number of allylic oxidation sites excluding steroid dienone is 1. The van der Waals surface area contributed by atoms with Gasteiger partial charge in [-0.05, 0) is 30.5 Å². The van der Waals surface area contributed by atoms with Crippen LogP contribution in [0.25, 0.3) is 0 Å². The van der Waals surface area contributed by atoms with Crippen LogP contribution in [-0.4, -0.2) is 6.61 Å². The van der Waals surface area contributed by atoms with E-state index >= 15 is 0 Å². The van der Waals surface area contributed by atoms with E-state index in [4.69, 9.17) is 9.47 Å². The Morgan fingerprint density at radius 3 is 2.53 bits per heavy atom. The van der Waals surface area contributed by atoms with Crippen LogP contribution in [-0.2, 0) is 0 Å². The van der Waals surface area contributed by atoms with Crippen LogP contribution in [0.3, 0.4) is 0 Å². The minimum Gasteiger partial charge on any atom is -0.482 e. The molecule has 1 aliphatic rings. The fraction of sp³-hybridized carbons (Fsp3) is 0.385. The average Bonchev–Trinajstić information content (AvgIpc) is 2.27. The first kappa shape index (κ1) is 10.1. The maximum absolute atomic E-state index is 5.81. The maximum Gasteiger partial charge on any atom is 0.169 e. The fourth-order valence-electron chi connectivity index (χ4n) is 1.48. The van der Waals surface area contributed by atoms with Crippen LogP contribution in [0.5, 0.6) is 11.5 Å². The van der Waals surface area contributed by atoms with Gasteiger partial charge in [0.15, 0.2) is 11.5 Å². The Morgan fingerprint density at radius 2 is 1.87 bits per heavy atom. The quantitative estimate of drug-likeness (QED) is 0.698. The zero-order chi connectivity index (χ0) is 10.8. The number of hydrogen-bond donors (Lipinski definition) is 0. The number of hydrogen-bond acceptors (Lipinski definition) is 2. The van der Waals surface area contributed by atoms with Gasteiger partial charge in [-0.25, -0.2) is 0 Å². The van der Waals surface area contributed by atoms with Gasteiger partial charge in [-0.2, -0.15) is 0 Å². The van der Waals surface area contributed by atoms with Gasteiger partial charge in [0, 0.05) is 0 Å². The first-order valence-electron chi connectivity index (χ1n) is 5.28. The van der Waals surface area contributed by atoms with Crippen molar-refractivity contribution in [3.63, 3.8) is 0 Å². The monoisotopic (exact) mass is 204 g/mol. The van der Waals surface area contributed by atoms with E-state index in [0.717, 1.165) is 17.3 Å². The SMILES string of the molecule is C/C(=C1\COc2ccccc2O1)C(C)C. The molecule has 0 spiro atoms. The van der Waals surface area contributed by atoms with Crippen molar-refractivity contribution < 1.29 is 9.47 Å². The van der Waals surface area contributed by atoms with Crippen molar-refractivity contribution in [3.8, 4) is 11.5 Å². The lowest BCUT2D eigenvalue weighted by atomic mass is 10.0. The van der Waals surface area contributed by atoms with Crippen LogP contribution in [0.15, 0.2) is 35.6 Å². The van der Waals surface area contributed by atoms with Gasteiger partial charge < -0.3 is 9.47 Å². The highest BCUT2D eigenvalue weighted by atomic mass is 16.6. The van der Waals surface area contributed by atoms with E-state index < -0.39 is 0 Å². The zero-order valence-electron chi connectivity index (χ0n) is 9.41. The summed E-state index contributed by atoms with van der Waals surface area (Å²) in [6, 6.07) is 7.76. The number of rotatable bonds is 1. The van der Waals surface area contributed by atoms with Crippen LogP contribution in [0.4, 0.5) is 0 Å². The predicted octanol–water partition coefficient (Wildman–Crippen LogP) is 3.39. The van der Waals surface area contributed by atoms with Crippen LogP contribution in [0, 0.1) is 5.92 Å². The van der Waals surface area contributed by atoms with Crippen LogP contribution >= 0.6 is 0 Å². The summed E-state index contributed by atoms with van der Waals surface area (Å²) < 4.78 is 11.4. The molecule has 0 atom stereocenters. The number of ether oxygens (including phenoxy) is 2. The van der Waals surface area contributed by atoms with Crippen LogP contribution < -0.4 is 9.47 Å². The van der Waals surface area contributed by atoms with Crippen molar-refractivity contribution in [2.24, 2.45) is 5.92 Å². The summed E-state index contributed by atoms with van der Waals surface area (Å²) in [5, 5.41) is 0. The normalized spacial score (nSPS) is 17.9. The summed E-state index contributed by atoms with van der Waals surface area (Å²) in [6.07, 6.45) is 0. The van der Waals surface area contributed by atoms with E-state index in [1.54, 1.807) is 0 Å². The molecule has 0 N–H and O–H groups in total. The molecule has 1 heterocycles. The summed E-state index contributed by atoms with van der Waals surface area (Å²) in [5.74, 6) is 3.09. The minimum absolute atomic E-state index is 0.494. The second kappa shape index (κ2) is 3.97. The maximum atomic E-state index is 5.81. The first-order valence-corrected chi connectivity index (χ1v) is 5.28. The molecule has 1 aliphatic heterocycles. The second-order valence-corrected chi connectivity index (χ2v) is 4.10. The molecule has 0 amide bonds. The fourth-order valence-corrected chi connectivity index (χ4v) is 1.48. The van der Waals surface area contributed by atoms with Crippen molar-refractivity contribution in [1.29, 1.82) is 0 Å². The third kappa shape index (κ3) is 1.99. The predicted molar refractivity (Wildman–Crippen MR) is 60.1 cm³/mol. The summed E-state index contributed by atoms with van der Waals surface area (Å²) in [6.45, 7) is 6.96. The van der Waals surface area contributed by atoms with E-state index in [0.29, 0.717) is 12.5 Å². The molecule has 0 saturated heterocycles. The molecule has 1 aromatic carbocycles. The standard InChI is InChI=1S/C13H16O2/c1-9(2)10(3)13-8-14-11-6-4-5-7-12(11)15-13/h4-7,9H,8H2,1-3H3/b13-10-. The van der Waals surface area contributed by atoms with Gasteiger partial charge in [-0.15, -0.1) is 0 Å². The highest BCUT2D eigenvalue weighted by molar-refractivity contribution is 5.43. The number of benzene rings is 1. The molecule has 0 bridgehead atoms. The molecule has 2 heteroatoms. The van der Waals surface area contributed by atoms with Crippen molar-refractivity contribution in [3.05, 3.63) is 35.6 Å². The van der Waals surface area contributed by atoms with E-state index in [1.807, 2.05) is 24.3 Å². The molecule has 80 valence electrons. The second-order valence-electron chi connectivity index (χ2n) is 4.10. The summed E-state index contributed by atoms with van der Waals surface area (Å²) in [7, 11) is 0. The molecule has 1 aromatic rings. The lowest BCUT2D eigenvalue weighted by molar-refractivity contribution is 0.226. The Balaban J connectivity index is 2.30. The molecule has 2 rings (SSSR count). The van der Waals surface area contributed by atoms with Gasteiger partial charge in [0.25, 0.3) is 0 Å². The van der Waals surface area contributed by atoms with Gasteiger partial charge in [0.05, 0.1) is 0 Å². The molecule has 2 nitrogen and oxygen atoms in total. The third-order valence-corrected chi connectivity index (χ3v) is 2.75. The van der Waals surface area contributed by atoms with Crippen molar-refractivity contribution in [1.82, 2.24) is 0 Å². The average molecular weight is 204 g/mol. The van der Waals surface area contributed by atoms with Gasteiger partial charge in [0.1, 0.15) is 12.4 Å². The number of para-hydroxylation sites is 2. The highest BCUT2D eigenvalue weighted by Gasteiger charge is 2.17. The molecule has 0 unspecified atom stereocenters. The lowest BCUT2D eigenvalue weighted by Gasteiger charge is -2.23. The molecule has 0 aromatic heterocycles. The molecule has 15 heavy (non-hydrogen) atoms. The molecule has 0 radical (unpaired) electrons. The largest absolute Gasteiger partial charge is 0.482 e. The molecule has 0 aliphatic carbocycles. The smallest absolute Gasteiger partial charge is 0.169 e. The summed E-state index contributed by atoms with van der Waals surface area (Å²) >= 11 is 0. The highest BCUT2D eigenvalue weighted by Crippen LogP contribution is 2.33. The Morgan fingerprint density at radius 1 is 1.20 bits per heavy atom. The first-order chi connectivity index (χ1) is 7.18. The summed E-state index contributed by atoms with van der Waals surface area (Å²) in [4.78, 5) is 0. The van der Waals surface area contributed by atoms with E-state index in [-0.39, 0.29) is 0 Å². The van der Waals surface area contributed by atoms with E-state index in [1.165, 1.54) is 5.57 Å². The summed E-state index contributed by atoms with van der Waals surface area (Å²) in [5.41, 5.74) is 1.25. The minimum atomic E-state index is 0.494. The Bertz CT molecular complexity index is 391. The van der Waals surface area contributed by atoms with Crippen molar-refractivity contribution in [2.75, 3.05) is 6.61 Å². The lowest BCUT2D eigenvalue weighted by Crippen LogP contribution is -2.16.